The number of halogens is 2. The van der Waals surface area contributed by atoms with E-state index in [1.165, 1.54) is 0 Å². The highest BCUT2D eigenvalue weighted by Crippen LogP contribution is 2.07. The Morgan fingerprint density at radius 1 is 1.19 bits per heavy atom. The normalized spacial score (nSPS) is 14.1. The third-order valence-corrected chi connectivity index (χ3v) is 2.60. The second-order valence-electron chi connectivity index (χ2n) is 4.83. The third-order valence-electron chi connectivity index (χ3n) is 2.60. The van der Waals surface area contributed by atoms with Gasteiger partial charge >= 0.3 is 0 Å². The Morgan fingerprint density at radius 2 is 1.81 bits per heavy atom. The van der Waals surface area contributed by atoms with Crippen LogP contribution in [0.15, 0.2) is 0 Å². The first-order valence-electron chi connectivity index (χ1n) is 6.16. The summed E-state index contributed by atoms with van der Waals surface area (Å²) in [6.07, 6.45) is -0.245. The molecule has 1 unspecified atom stereocenters. The molecule has 1 atom stereocenters. The van der Waals surface area contributed by atoms with E-state index in [9.17, 15) is 8.78 Å². The molecule has 0 aromatic heterocycles. The first-order valence-corrected chi connectivity index (χ1v) is 6.16. The molecule has 0 aromatic rings. The summed E-state index contributed by atoms with van der Waals surface area (Å²) in [4.78, 5) is 1.77. The molecule has 0 rings (SSSR count). The molecule has 0 fully saturated rings. The fourth-order valence-corrected chi connectivity index (χ4v) is 1.72. The zero-order chi connectivity index (χ0) is 12.6. The van der Waals surface area contributed by atoms with Crippen LogP contribution in [-0.4, -0.2) is 44.0 Å². The van der Waals surface area contributed by atoms with Gasteiger partial charge in [-0.25, -0.2) is 8.78 Å². The van der Waals surface area contributed by atoms with Crippen LogP contribution in [0.25, 0.3) is 0 Å². The van der Waals surface area contributed by atoms with Gasteiger partial charge in [-0.15, -0.1) is 0 Å². The van der Waals surface area contributed by atoms with E-state index < -0.39 is 6.43 Å². The van der Waals surface area contributed by atoms with Gasteiger partial charge in [0.25, 0.3) is 6.43 Å². The Bertz CT molecular complexity index is 163. The molecule has 0 aromatic carbocycles. The molecule has 2 nitrogen and oxygen atoms in total. The van der Waals surface area contributed by atoms with Crippen molar-refractivity contribution >= 4 is 0 Å². The molecule has 4 heteroatoms. The maximum absolute atomic E-state index is 12.3. The summed E-state index contributed by atoms with van der Waals surface area (Å²) in [5.41, 5.74) is 0. The van der Waals surface area contributed by atoms with Crippen molar-refractivity contribution in [2.45, 2.75) is 46.1 Å². The molecule has 98 valence electrons. The number of rotatable bonds is 9. The summed E-state index contributed by atoms with van der Waals surface area (Å²) in [6.45, 7) is 7.99. The van der Waals surface area contributed by atoms with Crippen LogP contribution < -0.4 is 5.32 Å². The van der Waals surface area contributed by atoms with Crippen molar-refractivity contribution in [3.05, 3.63) is 0 Å². The number of hydrogen-bond donors (Lipinski definition) is 1. The SMILES string of the molecule is CCCC(CNCC(C)C)N(C)CC(F)F. The molecule has 1 N–H and O–H groups in total. The molecule has 0 amide bonds. The van der Waals surface area contributed by atoms with Gasteiger partial charge in [-0.2, -0.15) is 0 Å². The van der Waals surface area contributed by atoms with Gasteiger partial charge in [-0.05, 0) is 25.9 Å². The minimum atomic E-state index is -2.24. The highest BCUT2D eigenvalue weighted by Gasteiger charge is 2.17. The number of nitrogens with zero attached hydrogens (tertiary/aromatic N) is 1. The Morgan fingerprint density at radius 3 is 2.25 bits per heavy atom. The van der Waals surface area contributed by atoms with Gasteiger partial charge in [0.1, 0.15) is 0 Å². The minimum Gasteiger partial charge on any atom is -0.315 e. The second kappa shape index (κ2) is 8.88. The van der Waals surface area contributed by atoms with Gasteiger partial charge in [0, 0.05) is 12.6 Å². The van der Waals surface area contributed by atoms with E-state index in [0.29, 0.717) is 5.92 Å². The van der Waals surface area contributed by atoms with Crippen molar-refractivity contribution in [2.75, 3.05) is 26.7 Å². The maximum atomic E-state index is 12.3. The van der Waals surface area contributed by atoms with Crippen molar-refractivity contribution in [3.63, 3.8) is 0 Å². The predicted octanol–water partition coefficient (Wildman–Crippen LogP) is 2.60. The van der Waals surface area contributed by atoms with Crippen molar-refractivity contribution in [1.29, 1.82) is 0 Å². The van der Waals surface area contributed by atoms with E-state index in [0.717, 1.165) is 25.9 Å². The molecular weight excluding hydrogens is 210 g/mol. The van der Waals surface area contributed by atoms with Crippen LogP contribution in [0.1, 0.15) is 33.6 Å². The Hall–Kier alpha value is -0.220. The van der Waals surface area contributed by atoms with Gasteiger partial charge in [0.2, 0.25) is 0 Å². The van der Waals surface area contributed by atoms with Gasteiger partial charge in [0.15, 0.2) is 0 Å². The standard InChI is InChI=1S/C12H26F2N2/c1-5-6-11(8-15-7-10(2)3)16(4)9-12(13)14/h10-12,15H,5-9H2,1-4H3. The Balaban J connectivity index is 3.94. The zero-order valence-corrected chi connectivity index (χ0v) is 11.0. The monoisotopic (exact) mass is 236 g/mol. The van der Waals surface area contributed by atoms with Crippen LogP contribution in [0.4, 0.5) is 8.78 Å². The van der Waals surface area contributed by atoms with Gasteiger partial charge in [0.05, 0.1) is 6.54 Å². The smallest absolute Gasteiger partial charge is 0.251 e. The van der Waals surface area contributed by atoms with E-state index in [1.807, 2.05) is 0 Å². The largest absolute Gasteiger partial charge is 0.315 e. The molecule has 0 aliphatic carbocycles. The van der Waals surface area contributed by atoms with E-state index in [-0.39, 0.29) is 12.6 Å². The lowest BCUT2D eigenvalue weighted by Gasteiger charge is -2.28. The van der Waals surface area contributed by atoms with Crippen molar-refractivity contribution < 1.29 is 8.78 Å². The maximum Gasteiger partial charge on any atom is 0.251 e. The fourth-order valence-electron chi connectivity index (χ4n) is 1.72. The predicted molar refractivity (Wildman–Crippen MR) is 65.0 cm³/mol. The highest BCUT2D eigenvalue weighted by atomic mass is 19.3. The topological polar surface area (TPSA) is 15.3 Å². The summed E-state index contributed by atoms with van der Waals surface area (Å²) in [5, 5.41) is 3.34. The summed E-state index contributed by atoms with van der Waals surface area (Å²) < 4.78 is 24.5. The molecule has 0 saturated heterocycles. The van der Waals surface area contributed by atoms with Crippen molar-refractivity contribution in [2.24, 2.45) is 5.92 Å². The zero-order valence-electron chi connectivity index (χ0n) is 11.0. The number of alkyl halides is 2. The fraction of sp³-hybridized carbons (Fsp3) is 1.00. The molecular formula is C12H26F2N2. The minimum absolute atomic E-state index is 0.131. The number of hydrogen-bond acceptors (Lipinski definition) is 2. The molecule has 0 radical (unpaired) electrons. The number of nitrogens with one attached hydrogen (secondary N) is 1. The van der Waals surface area contributed by atoms with Crippen LogP contribution in [0.2, 0.25) is 0 Å². The first-order chi connectivity index (χ1) is 7.47. The average molecular weight is 236 g/mol. The van der Waals surface area contributed by atoms with Crippen LogP contribution in [0.5, 0.6) is 0 Å². The van der Waals surface area contributed by atoms with Crippen LogP contribution in [0, 0.1) is 5.92 Å². The van der Waals surface area contributed by atoms with E-state index >= 15 is 0 Å². The Labute approximate surface area is 98.4 Å². The molecule has 16 heavy (non-hydrogen) atoms. The summed E-state index contributed by atoms with van der Waals surface area (Å²) in [6, 6.07) is 0.220. The third kappa shape index (κ3) is 7.99. The summed E-state index contributed by atoms with van der Waals surface area (Å²) in [5.74, 6) is 0.600. The van der Waals surface area contributed by atoms with E-state index in [2.05, 4.69) is 26.1 Å². The number of likely N-dealkylation sites (N-methyl/N-ethyl adjacent to an activating group) is 1. The molecule has 0 aliphatic rings. The lowest BCUT2D eigenvalue weighted by atomic mass is 10.1. The van der Waals surface area contributed by atoms with Gasteiger partial charge in [-0.1, -0.05) is 27.2 Å². The van der Waals surface area contributed by atoms with Crippen LogP contribution in [0.3, 0.4) is 0 Å². The molecule has 0 aliphatic heterocycles. The van der Waals surface area contributed by atoms with Crippen molar-refractivity contribution in [1.82, 2.24) is 10.2 Å². The first kappa shape index (κ1) is 15.8. The lowest BCUT2D eigenvalue weighted by molar-refractivity contribution is 0.0778. The molecule has 0 bridgehead atoms. The van der Waals surface area contributed by atoms with Crippen molar-refractivity contribution in [3.8, 4) is 0 Å². The lowest BCUT2D eigenvalue weighted by Crippen LogP contribution is -2.42. The Kier molecular flexibility index (Phi) is 8.76. The quantitative estimate of drug-likeness (QED) is 0.662. The second-order valence-corrected chi connectivity index (χ2v) is 4.83. The summed E-state index contributed by atoms with van der Waals surface area (Å²) >= 11 is 0. The van der Waals surface area contributed by atoms with Crippen LogP contribution >= 0.6 is 0 Å². The van der Waals surface area contributed by atoms with Gasteiger partial charge < -0.3 is 5.32 Å². The van der Waals surface area contributed by atoms with Crippen LogP contribution in [-0.2, 0) is 0 Å². The average Bonchev–Trinajstić information content (AvgIpc) is 2.14. The molecule has 0 saturated carbocycles. The van der Waals surface area contributed by atoms with E-state index in [4.69, 9.17) is 0 Å². The highest BCUT2D eigenvalue weighted by molar-refractivity contribution is 4.72. The summed E-state index contributed by atoms with van der Waals surface area (Å²) in [7, 11) is 1.78. The molecule has 0 spiro atoms. The van der Waals surface area contributed by atoms with E-state index in [1.54, 1.807) is 11.9 Å². The van der Waals surface area contributed by atoms with Gasteiger partial charge in [-0.3, -0.25) is 4.90 Å². The molecule has 0 heterocycles.